The monoisotopic (exact) mass is 350 g/mol. The number of pyridine rings is 1. The zero-order valence-electron chi connectivity index (χ0n) is 14.9. The maximum absolute atomic E-state index is 12.2. The van der Waals surface area contributed by atoms with Crippen LogP contribution in [0.5, 0.6) is 0 Å². The molecule has 26 heavy (non-hydrogen) atoms. The number of carbonyl (C=O) groups excluding carboxylic acids is 1. The van der Waals surface area contributed by atoms with E-state index in [-0.39, 0.29) is 18.1 Å². The number of ether oxygens (including phenoxy) is 1. The van der Waals surface area contributed by atoms with E-state index >= 15 is 0 Å². The van der Waals surface area contributed by atoms with Gasteiger partial charge in [-0.25, -0.2) is 9.98 Å². The molecule has 1 aromatic rings. The van der Waals surface area contributed by atoms with E-state index in [1.807, 2.05) is 13.0 Å². The first-order valence-corrected chi connectivity index (χ1v) is 8.90. The van der Waals surface area contributed by atoms with E-state index in [0.717, 1.165) is 25.7 Å². The minimum absolute atomic E-state index is 0.00496. The van der Waals surface area contributed by atoms with Crippen LogP contribution in [0.25, 0.3) is 0 Å². The van der Waals surface area contributed by atoms with Crippen molar-refractivity contribution in [2.75, 3.05) is 6.61 Å². The minimum atomic E-state index is -0.271. The van der Waals surface area contributed by atoms with Gasteiger partial charge in [-0.3, -0.25) is 4.79 Å². The van der Waals surface area contributed by atoms with Crippen LogP contribution in [-0.2, 0) is 9.53 Å². The fourth-order valence-corrected chi connectivity index (χ4v) is 2.83. The number of carbonyl (C=O) groups is 1. The van der Waals surface area contributed by atoms with Crippen LogP contribution in [0.15, 0.2) is 47.1 Å². The summed E-state index contributed by atoms with van der Waals surface area (Å²) in [4.78, 5) is 20.7. The second-order valence-corrected chi connectivity index (χ2v) is 6.40. The maximum atomic E-state index is 12.2. The van der Waals surface area contributed by atoms with Crippen LogP contribution in [0.3, 0.4) is 0 Å². The van der Waals surface area contributed by atoms with Crippen LogP contribution in [0.1, 0.15) is 44.6 Å². The lowest BCUT2D eigenvalue weighted by Crippen LogP contribution is -2.35. The highest BCUT2D eigenvalue weighted by atomic mass is 16.5. The molecule has 134 valence electrons. The molecule has 6 heteroatoms. The van der Waals surface area contributed by atoms with E-state index in [0.29, 0.717) is 23.6 Å². The molecule has 1 saturated carbocycles. The summed E-state index contributed by atoms with van der Waals surface area (Å²) >= 11 is 0. The number of hydrogen-bond acceptors (Lipinski definition) is 5. The van der Waals surface area contributed by atoms with Crippen LogP contribution in [-0.4, -0.2) is 28.9 Å². The number of aromatic nitrogens is 1. The minimum Gasteiger partial charge on any atom is -0.360 e. The maximum Gasteiger partial charge on any atom is 0.251 e. The van der Waals surface area contributed by atoms with Crippen molar-refractivity contribution in [3.05, 3.63) is 47.7 Å². The van der Waals surface area contributed by atoms with Gasteiger partial charge in [0.1, 0.15) is 18.5 Å². The molecule has 3 rings (SSSR count). The summed E-state index contributed by atoms with van der Waals surface area (Å²) in [6.07, 6.45) is 12.5. The number of hydrogen-bond donors (Lipinski definition) is 1. The van der Waals surface area contributed by atoms with Gasteiger partial charge in [0.15, 0.2) is 5.82 Å². The predicted molar refractivity (Wildman–Crippen MR) is 98.9 cm³/mol. The average Bonchev–Trinajstić information content (AvgIpc) is 3.48. The number of nitriles is 1. The zero-order valence-corrected chi connectivity index (χ0v) is 14.9. The quantitative estimate of drug-likeness (QED) is 0.629. The molecule has 2 aliphatic carbocycles. The van der Waals surface area contributed by atoms with Gasteiger partial charge in [-0.1, -0.05) is 25.2 Å². The Hall–Kier alpha value is -2.78. The number of nitrogens with one attached hydrogen (secondary N) is 1. The third-order valence-corrected chi connectivity index (χ3v) is 4.45. The smallest absolute Gasteiger partial charge is 0.251 e. The molecule has 0 radical (unpaired) electrons. The Labute approximate surface area is 153 Å². The van der Waals surface area contributed by atoms with Crippen molar-refractivity contribution in [1.82, 2.24) is 10.3 Å². The fourth-order valence-electron chi connectivity index (χ4n) is 2.83. The first-order valence-electron chi connectivity index (χ1n) is 8.90. The molecule has 0 aromatic carbocycles. The lowest BCUT2D eigenvalue weighted by Gasteiger charge is -2.19. The third kappa shape index (κ3) is 4.44. The highest BCUT2D eigenvalue weighted by Gasteiger charge is 2.47. The Morgan fingerprint density at radius 3 is 2.85 bits per heavy atom. The van der Waals surface area contributed by atoms with Gasteiger partial charge in [0.2, 0.25) is 0 Å². The zero-order chi connectivity index (χ0) is 18.4. The molecule has 2 aliphatic rings. The Morgan fingerprint density at radius 2 is 2.27 bits per heavy atom. The van der Waals surface area contributed by atoms with Crippen molar-refractivity contribution in [2.24, 2.45) is 4.99 Å². The van der Waals surface area contributed by atoms with Crippen molar-refractivity contribution < 1.29 is 9.53 Å². The number of amidine groups is 1. The van der Waals surface area contributed by atoms with E-state index in [1.54, 1.807) is 12.1 Å². The standard InChI is InChI=1S/C20H22N4O2/c1-2-17(23-18-9-8-15(12-21)13-22-18)24-19(25)14-26-20(10-11-20)16-6-4-3-5-7-16/h4,6-9,13H,2-3,5,10-11,14H2,1H3,(H,22,23,24,25). The molecule has 6 nitrogen and oxygen atoms in total. The molecule has 1 heterocycles. The summed E-state index contributed by atoms with van der Waals surface area (Å²) in [7, 11) is 0. The SMILES string of the molecule is CCC(=Nc1ccc(C#N)cn1)NC(=O)COC1(C2=CCCC=C2)CC1. The summed E-state index contributed by atoms with van der Waals surface area (Å²) < 4.78 is 5.93. The molecule has 0 saturated heterocycles. The summed E-state index contributed by atoms with van der Waals surface area (Å²) in [5.41, 5.74) is 1.40. The van der Waals surface area contributed by atoms with Crippen molar-refractivity contribution >= 4 is 17.6 Å². The Bertz CT molecular complexity index is 796. The van der Waals surface area contributed by atoms with E-state index in [1.165, 1.54) is 11.8 Å². The molecular formula is C20H22N4O2. The predicted octanol–water partition coefficient (Wildman–Crippen LogP) is 3.34. The molecule has 0 bridgehead atoms. The number of nitrogens with zero attached hydrogens (tertiary/aromatic N) is 3. The van der Waals surface area contributed by atoms with E-state index in [9.17, 15) is 4.79 Å². The molecule has 1 aromatic heterocycles. The largest absolute Gasteiger partial charge is 0.360 e. The molecule has 0 spiro atoms. The summed E-state index contributed by atoms with van der Waals surface area (Å²) in [6.45, 7) is 1.91. The molecule has 0 atom stereocenters. The van der Waals surface area contributed by atoms with Crippen molar-refractivity contribution in [1.29, 1.82) is 5.26 Å². The molecular weight excluding hydrogens is 328 g/mol. The number of rotatable bonds is 6. The highest BCUT2D eigenvalue weighted by Crippen LogP contribution is 2.47. The lowest BCUT2D eigenvalue weighted by atomic mass is 10.0. The number of amides is 1. The lowest BCUT2D eigenvalue weighted by molar-refractivity contribution is -0.126. The first kappa shape index (κ1) is 18.0. The van der Waals surface area contributed by atoms with Crippen LogP contribution in [0.4, 0.5) is 5.82 Å². The van der Waals surface area contributed by atoms with E-state index < -0.39 is 0 Å². The number of aliphatic imine (C=N–C) groups is 1. The van der Waals surface area contributed by atoms with Crippen LogP contribution in [0.2, 0.25) is 0 Å². The third-order valence-electron chi connectivity index (χ3n) is 4.45. The van der Waals surface area contributed by atoms with Crippen molar-refractivity contribution in [2.45, 2.75) is 44.6 Å². The average molecular weight is 350 g/mol. The number of allylic oxidation sites excluding steroid dienone is 2. The van der Waals surface area contributed by atoms with E-state index in [4.69, 9.17) is 10.00 Å². The second-order valence-electron chi connectivity index (χ2n) is 6.40. The molecule has 1 fully saturated rings. The fraction of sp³-hybridized carbons (Fsp3) is 0.400. The summed E-state index contributed by atoms with van der Waals surface area (Å²) in [5, 5.41) is 11.6. The Kier molecular flexibility index (Phi) is 5.59. The van der Waals surface area contributed by atoms with Crippen LogP contribution >= 0.6 is 0 Å². The van der Waals surface area contributed by atoms with Crippen LogP contribution in [0, 0.1) is 11.3 Å². The summed E-state index contributed by atoms with van der Waals surface area (Å²) in [6, 6.07) is 5.31. The molecule has 0 aliphatic heterocycles. The van der Waals surface area contributed by atoms with Crippen molar-refractivity contribution in [3.63, 3.8) is 0 Å². The second kappa shape index (κ2) is 8.07. The van der Waals surface area contributed by atoms with E-state index in [2.05, 4.69) is 33.5 Å². The normalized spacial score (nSPS) is 18.0. The van der Waals surface area contributed by atoms with Gasteiger partial charge >= 0.3 is 0 Å². The van der Waals surface area contributed by atoms with Gasteiger partial charge in [0.25, 0.3) is 5.91 Å². The van der Waals surface area contributed by atoms with Crippen molar-refractivity contribution in [3.8, 4) is 6.07 Å². The summed E-state index contributed by atoms with van der Waals surface area (Å²) in [5.74, 6) is 0.765. The first-order chi connectivity index (χ1) is 12.6. The molecule has 0 unspecified atom stereocenters. The van der Waals surface area contributed by atoms with Gasteiger partial charge in [-0.15, -0.1) is 0 Å². The van der Waals surface area contributed by atoms with Gasteiger partial charge in [0, 0.05) is 12.6 Å². The molecule has 1 N–H and O–H groups in total. The van der Waals surface area contributed by atoms with Gasteiger partial charge in [0.05, 0.1) is 11.2 Å². The van der Waals surface area contributed by atoms with Gasteiger partial charge in [-0.2, -0.15) is 5.26 Å². The van der Waals surface area contributed by atoms with Gasteiger partial charge in [-0.05, 0) is 43.4 Å². The Balaban J connectivity index is 1.56. The van der Waals surface area contributed by atoms with Crippen LogP contribution < -0.4 is 5.32 Å². The Morgan fingerprint density at radius 1 is 1.42 bits per heavy atom. The highest BCUT2D eigenvalue weighted by molar-refractivity contribution is 5.99. The van der Waals surface area contributed by atoms with Gasteiger partial charge < -0.3 is 10.1 Å². The topological polar surface area (TPSA) is 87.4 Å². The molecule has 1 amide bonds.